The van der Waals surface area contributed by atoms with Crippen LogP contribution in [-0.2, 0) is 0 Å². The molecule has 0 fully saturated rings. The Balaban J connectivity index is 2.48. The van der Waals surface area contributed by atoms with Gasteiger partial charge < -0.3 is 16.2 Å². The highest BCUT2D eigenvalue weighted by Gasteiger charge is 2.05. The first-order chi connectivity index (χ1) is 7.20. The number of nitrogen functional groups attached to an aromatic ring is 1. The molecule has 0 aliphatic rings. The van der Waals surface area contributed by atoms with Crippen molar-refractivity contribution in [2.24, 2.45) is 0 Å². The normalized spacial score (nSPS) is 10.2. The van der Waals surface area contributed by atoms with Crippen LogP contribution in [0.3, 0.4) is 0 Å². The summed E-state index contributed by atoms with van der Waals surface area (Å²) >= 11 is 0. The molecule has 4 N–H and O–H groups in total. The van der Waals surface area contributed by atoms with Crippen molar-refractivity contribution in [1.29, 1.82) is 0 Å². The van der Waals surface area contributed by atoms with Gasteiger partial charge in [0.2, 0.25) is 0 Å². The molecule has 0 aliphatic heterocycles. The zero-order chi connectivity index (χ0) is 10.8. The van der Waals surface area contributed by atoms with Crippen LogP contribution in [0.25, 0.3) is 5.69 Å². The van der Waals surface area contributed by atoms with Gasteiger partial charge in [0.05, 0.1) is 5.69 Å². The van der Waals surface area contributed by atoms with Gasteiger partial charge in [0, 0.05) is 13.1 Å². The van der Waals surface area contributed by atoms with Gasteiger partial charge in [-0.3, -0.25) is 0 Å². The van der Waals surface area contributed by atoms with Crippen molar-refractivity contribution >= 4 is 11.6 Å². The standard InChI is InChI=1S/C10H12N4O/c1-12-10-6-9(11)13-14(10)7-2-4-8(15)5-3-7/h2-6,12,15H,1H3,(H2,11,13). The number of benzene rings is 1. The number of anilines is 2. The summed E-state index contributed by atoms with van der Waals surface area (Å²) in [5.41, 5.74) is 6.44. The Morgan fingerprint density at radius 1 is 1.33 bits per heavy atom. The maximum absolute atomic E-state index is 9.17. The van der Waals surface area contributed by atoms with Gasteiger partial charge in [-0.15, -0.1) is 5.10 Å². The van der Waals surface area contributed by atoms with Crippen molar-refractivity contribution in [1.82, 2.24) is 9.78 Å². The lowest BCUT2D eigenvalue weighted by Crippen LogP contribution is -2.02. The minimum atomic E-state index is 0.227. The molecular formula is C10H12N4O. The number of aromatic nitrogens is 2. The first-order valence-electron chi connectivity index (χ1n) is 4.53. The van der Waals surface area contributed by atoms with E-state index in [0.717, 1.165) is 11.5 Å². The van der Waals surface area contributed by atoms with Gasteiger partial charge in [0.25, 0.3) is 0 Å². The predicted octanol–water partition coefficient (Wildman–Crippen LogP) is 1.20. The molecule has 0 amide bonds. The fourth-order valence-electron chi connectivity index (χ4n) is 1.37. The van der Waals surface area contributed by atoms with Crippen molar-refractivity contribution in [3.63, 3.8) is 0 Å². The molecular weight excluding hydrogens is 192 g/mol. The molecule has 2 aromatic rings. The van der Waals surface area contributed by atoms with Crippen LogP contribution in [0.5, 0.6) is 5.75 Å². The molecule has 1 aromatic heterocycles. The largest absolute Gasteiger partial charge is 0.508 e. The van der Waals surface area contributed by atoms with Crippen molar-refractivity contribution in [3.05, 3.63) is 30.3 Å². The van der Waals surface area contributed by atoms with Crippen LogP contribution >= 0.6 is 0 Å². The molecule has 0 radical (unpaired) electrons. The average Bonchev–Trinajstić information content (AvgIpc) is 2.61. The first kappa shape index (κ1) is 9.39. The zero-order valence-corrected chi connectivity index (χ0v) is 8.31. The van der Waals surface area contributed by atoms with Crippen molar-refractivity contribution in [2.75, 3.05) is 18.1 Å². The molecule has 0 saturated carbocycles. The number of phenols is 1. The Bertz CT molecular complexity index is 461. The SMILES string of the molecule is CNc1cc(N)nn1-c1ccc(O)cc1. The second-order valence-electron chi connectivity index (χ2n) is 3.13. The highest BCUT2D eigenvalue weighted by molar-refractivity contribution is 5.52. The van der Waals surface area contributed by atoms with Crippen molar-refractivity contribution in [2.45, 2.75) is 0 Å². The van der Waals surface area contributed by atoms with E-state index in [0.29, 0.717) is 5.82 Å². The second-order valence-corrected chi connectivity index (χ2v) is 3.13. The molecule has 0 spiro atoms. The highest BCUT2D eigenvalue weighted by atomic mass is 16.3. The molecule has 15 heavy (non-hydrogen) atoms. The Kier molecular flexibility index (Phi) is 2.21. The Morgan fingerprint density at radius 3 is 2.60 bits per heavy atom. The van der Waals surface area contributed by atoms with Crippen LogP contribution in [0, 0.1) is 0 Å². The summed E-state index contributed by atoms with van der Waals surface area (Å²) in [5.74, 6) is 1.48. The van der Waals surface area contributed by atoms with E-state index in [2.05, 4.69) is 10.4 Å². The Hall–Kier alpha value is -2.17. The minimum Gasteiger partial charge on any atom is -0.508 e. The second kappa shape index (κ2) is 3.53. The van der Waals surface area contributed by atoms with E-state index < -0.39 is 0 Å². The fourth-order valence-corrected chi connectivity index (χ4v) is 1.37. The Morgan fingerprint density at radius 2 is 2.00 bits per heavy atom. The smallest absolute Gasteiger partial charge is 0.148 e. The lowest BCUT2D eigenvalue weighted by molar-refractivity contribution is 0.475. The number of hydrogen-bond acceptors (Lipinski definition) is 4. The topological polar surface area (TPSA) is 76.1 Å². The van der Waals surface area contributed by atoms with Crippen LogP contribution in [0.15, 0.2) is 30.3 Å². The molecule has 5 heteroatoms. The van der Waals surface area contributed by atoms with Gasteiger partial charge in [0.15, 0.2) is 0 Å². The van der Waals surface area contributed by atoms with Gasteiger partial charge in [0.1, 0.15) is 17.4 Å². The summed E-state index contributed by atoms with van der Waals surface area (Å²) in [7, 11) is 1.80. The number of phenolic OH excluding ortho intramolecular Hbond substituents is 1. The van der Waals surface area contributed by atoms with Gasteiger partial charge in [-0.2, -0.15) is 0 Å². The number of nitrogens with one attached hydrogen (secondary N) is 1. The zero-order valence-electron chi connectivity index (χ0n) is 8.31. The quantitative estimate of drug-likeness (QED) is 0.687. The number of aromatic hydroxyl groups is 1. The summed E-state index contributed by atoms with van der Waals surface area (Å²) < 4.78 is 1.68. The van der Waals surface area contributed by atoms with Crippen LogP contribution in [0.4, 0.5) is 11.6 Å². The fraction of sp³-hybridized carbons (Fsp3) is 0.100. The molecule has 78 valence electrons. The van der Waals surface area contributed by atoms with E-state index in [-0.39, 0.29) is 5.75 Å². The third-order valence-corrected chi connectivity index (χ3v) is 2.08. The van der Waals surface area contributed by atoms with E-state index in [9.17, 15) is 0 Å². The van der Waals surface area contributed by atoms with E-state index in [1.165, 1.54) is 0 Å². The summed E-state index contributed by atoms with van der Waals surface area (Å²) in [6.45, 7) is 0. The summed E-state index contributed by atoms with van der Waals surface area (Å²) in [6.07, 6.45) is 0. The Labute approximate surface area is 87.1 Å². The van der Waals surface area contributed by atoms with Crippen LogP contribution in [0.1, 0.15) is 0 Å². The van der Waals surface area contributed by atoms with Crippen molar-refractivity contribution in [3.8, 4) is 11.4 Å². The molecule has 0 bridgehead atoms. The molecule has 1 aromatic carbocycles. The minimum absolute atomic E-state index is 0.227. The maximum Gasteiger partial charge on any atom is 0.148 e. The molecule has 1 heterocycles. The number of nitrogens with zero attached hydrogens (tertiary/aromatic N) is 2. The number of nitrogens with two attached hydrogens (primary N) is 1. The van der Waals surface area contributed by atoms with E-state index in [1.807, 2.05) is 0 Å². The van der Waals surface area contributed by atoms with E-state index in [4.69, 9.17) is 10.8 Å². The molecule has 2 rings (SSSR count). The van der Waals surface area contributed by atoms with Crippen LogP contribution in [0.2, 0.25) is 0 Å². The summed E-state index contributed by atoms with van der Waals surface area (Å²) in [5, 5.41) is 16.3. The van der Waals surface area contributed by atoms with Gasteiger partial charge in [-0.1, -0.05) is 0 Å². The molecule has 0 unspecified atom stereocenters. The maximum atomic E-state index is 9.17. The van der Waals surface area contributed by atoms with Crippen molar-refractivity contribution < 1.29 is 5.11 Å². The predicted molar refractivity (Wildman–Crippen MR) is 59.2 cm³/mol. The molecule has 0 aliphatic carbocycles. The number of hydrogen-bond donors (Lipinski definition) is 3. The monoisotopic (exact) mass is 204 g/mol. The van der Waals surface area contributed by atoms with Gasteiger partial charge >= 0.3 is 0 Å². The van der Waals surface area contributed by atoms with E-state index >= 15 is 0 Å². The van der Waals surface area contributed by atoms with Gasteiger partial charge in [-0.25, -0.2) is 4.68 Å². The average molecular weight is 204 g/mol. The molecule has 5 nitrogen and oxygen atoms in total. The lowest BCUT2D eigenvalue weighted by Gasteiger charge is -2.05. The molecule has 0 atom stereocenters. The third-order valence-electron chi connectivity index (χ3n) is 2.08. The summed E-state index contributed by atoms with van der Waals surface area (Å²) in [4.78, 5) is 0. The van der Waals surface area contributed by atoms with E-state index in [1.54, 1.807) is 42.1 Å². The van der Waals surface area contributed by atoms with Crippen LogP contribution in [-0.4, -0.2) is 21.9 Å². The summed E-state index contributed by atoms with van der Waals surface area (Å²) in [6, 6.07) is 8.48. The number of rotatable bonds is 2. The van der Waals surface area contributed by atoms with Crippen LogP contribution < -0.4 is 11.1 Å². The third kappa shape index (κ3) is 1.71. The lowest BCUT2D eigenvalue weighted by atomic mass is 10.3. The van der Waals surface area contributed by atoms with Gasteiger partial charge in [-0.05, 0) is 24.3 Å². The first-order valence-corrected chi connectivity index (χ1v) is 4.53. The highest BCUT2D eigenvalue weighted by Crippen LogP contribution is 2.19. The molecule has 0 saturated heterocycles.